The number of benzene rings is 1. The number of alkyl halides is 2. The molecule has 0 aliphatic heterocycles. The fourth-order valence-corrected chi connectivity index (χ4v) is 2.31. The number of amides is 1. The minimum Gasteiger partial charge on any atom is -0.435 e. The van der Waals surface area contributed by atoms with E-state index in [1.54, 1.807) is 22.9 Å². The largest absolute Gasteiger partial charge is 0.435 e. The lowest BCUT2D eigenvalue weighted by Gasteiger charge is -2.11. The number of nitrogens with zero attached hydrogens (tertiary/aromatic N) is 2. The van der Waals surface area contributed by atoms with Gasteiger partial charge in [-0.1, -0.05) is 12.1 Å². The number of carbonyl (C=O) groups excluding carboxylic acids is 1. The van der Waals surface area contributed by atoms with Crippen molar-refractivity contribution in [2.24, 2.45) is 7.05 Å². The number of aromatic nitrogens is 2. The van der Waals surface area contributed by atoms with Crippen LogP contribution in [0.2, 0.25) is 0 Å². The van der Waals surface area contributed by atoms with E-state index in [0.717, 1.165) is 11.3 Å². The Hall–Kier alpha value is -2.70. The standard InChI is InChI=1S/C17H19F2N3O2/c1-11(15-10-22(3)21-12(15)2)20-16(23)9-6-13-4-7-14(8-5-13)24-17(18)19/h4-11,17H,1-3H3,(H,20,23)/b9-6-. The highest BCUT2D eigenvalue weighted by molar-refractivity contribution is 5.92. The molecule has 1 atom stereocenters. The lowest BCUT2D eigenvalue weighted by molar-refractivity contribution is -0.117. The van der Waals surface area contributed by atoms with Crippen LogP contribution in [-0.2, 0) is 11.8 Å². The van der Waals surface area contributed by atoms with Crippen molar-refractivity contribution in [1.29, 1.82) is 0 Å². The quantitative estimate of drug-likeness (QED) is 0.825. The molecule has 0 bridgehead atoms. The van der Waals surface area contributed by atoms with Crippen LogP contribution in [0.4, 0.5) is 8.78 Å². The van der Waals surface area contributed by atoms with Crippen molar-refractivity contribution in [3.05, 3.63) is 53.4 Å². The second-order valence-corrected chi connectivity index (χ2v) is 5.35. The highest BCUT2D eigenvalue weighted by Gasteiger charge is 2.12. The summed E-state index contributed by atoms with van der Waals surface area (Å²) in [6.45, 7) is 0.915. The fourth-order valence-electron chi connectivity index (χ4n) is 2.31. The topological polar surface area (TPSA) is 56.2 Å². The molecule has 1 N–H and O–H groups in total. The predicted octanol–water partition coefficient (Wildman–Crippen LogP) is 3.22. The maximum absolute atomic E-state index is 12.1. The van der Waals surface area contributed by atoms with Crippen molar-refractivity contribution < 1.29 is 18.3 Å². The van der Waals surface area contributed by atoms with Gasteiger partial charge in [-0.05, 0) is 37.6 Å². The van der Waals surface area contributed by atoms with Gasteiger partial charge in [0.2, 0.25) is 5.91 Å². The molecule has 0 radical (unpaired) electrons. The van der Waals surface area contributed by atoms with E-state index in [-0.39, 0.29) is 17.7 Å². The molecule has 2 aromatic rings. The first-order chi connectivity index (χ1) is 11.3. The second kappa shape index (κ2) is 7.72. The van der Waals surface area contributed by atoms with Crippen molar-refractivity contribution in [2.75, 3.05) is 0 Å². The molecule has 1 amide bonds. The van der Waals surface area contributed by atoms with Gasteiger partial charge in [-0.15, -0.1) is 0 Å². The summed E-state index contributed by atoms with van der Waals surface area (Å²) < 4.78 is 30.1. The van der Waals surface area contributed by atoms with E-state index < -0.39 is 6.61 Å². The second-order valence-electron chi connectivity index (χ2n) is 5.35. The van der Waals surface area contributed by atoms with Gasteiger partial charge in [-0.25, -0.2) is 0 Å². The summed E-state index contributed by atoms with van der Waals surface area (Å²) in [4.78, 5) is 12.0. The summed E-state index contributed by atoms with van der Waals surface area (Å²) in [6, 6.07) is 5.86. The number of hydrogen-bond acceptors (Lipinski definition) is 3. The molecule has 7 heteroatoms. The van der Waals surface area contributed by atoms with E-state index >= 15 is 0 Å². The highest BCUT2D eigenvalue weighted by Crippen LogP contribution is 2.17. The molecule has 5 nitrogen and oxygen atoms in total. The zero-order chi connectivity index (χ0) is 17.7. The SMILES string of the molecule is Cc1nn(C)cc1C(C)NC(=O)/C=C\c1ccc(OC(F)F)cc1. The Morgan fingerprint density at radius 3 is 2.54 bits per heavy atom. The van der Waals surface area contributed by atoms with Gasteiger partial charge in [0.15, 0.2) is 0 Å². The number of carbonyl (C=O) groups is 1. The van der Waals surface area contributed by atoms with Crippen LogP contribution in [-0.4, -0.2) is 22.3 Å². The first kappa shape index (κ1) is 17.7. The van der Waals surface area contributed by atoms with Crippen molar-refractivity contribution in [1.82, 2.24) is 15.1 Å². The molecule has 1 aromatic carbocycles. The van der Waals surface area contributed by atoms with Gasteiger partial charge in [0.25, 0.3) is 0 Å². The molecule has 24 heavy (non-hydrogen) atoms. The Kier molecular flexibility index (Phi) is 5.68. The van der Waals surface area contributed by atoms with E-state index in [9.17, 15) is 13.6 Å². The molecule has 128 valence electrons. The molecule has 0 aliphatic rings. The molecule has 1 unspecified atom stereocenters. The predicted molar refractivity (Wildman–Crippen MR) is 86.6 cm³/mol. The van der Waals surface area contributed by atoms with Gasteiger partial charge < -0.3 is 10.1 Å². The Morgan fingerprint density at radius 1 is 1.33 bits per heavy atom. The minimum atomic E-state index is -2.85. The van der Waals surface area contributed by atoms with E-state index in [0.29, 0.717) is 5.56 Å². The molecule has 0 aliphatic carbocycles. The lowest BCUT2D eigenvalue weighted by Crippen LogP contribution is -2.24. The summed E-state index contributed by atoms with van der Waals surface area (Å²) in [7, 11) is 1.83. The Balaban J connectivity index is 1.94. The monoisotopic (exact) mass is 335 g/mol. The van der Waals surface area contributed by atoms with Gasteiger partial charge >= 0.3 is 6.61 Å². The molecule has 0 saturated heterocycles. The number of halogens is 2. The van der Waals surface area contributed by atoms with Gasteiger partial charge in [0, 0.05) is 24.9 Å². The Labute approximate surface area is 138 Å². The van der Waals surface area contributed by atoms with Crippen LogP contribution in [0.5, 0.6) is 5.75 Å². The molecular formula is C17H19F2N3O2. The summed E-state index contributed by atoms with van der Waals surface area (Å²) in [5.74, 6) is -0.175. The van der Waals surface area contributed by atoms with Gasteiger partial charge in [-0.2, -0.15) is 13.9 Å². The van der Waals surface area contributed by atoms with Crippen LogP contribution in [0, 0.1) is 6.92 Å². The smallest absolute Gasteiger partial charge is 0.387 e. The third-order valence-corrected chi connectivity index (χ3v) is 3.41. The number of ether oxygens (including phenoxy) is 1. The maximum Gasteiger partial charge on any atom is 0.387 e. The molecule has 1 aromatic heterocycles. The molecular weight excluding hydrogens is 316 g/mol. The molecule has 0 spiro atoms. The van der Waals surface area contributed by atoms with E-state index in [1.807, 2.05) is 27.1 Å². The van der Waals surface area contributed by atoms with E-state index in [1.165, 1.54) is 18.2 Å². The van der Waals surface area contributed by atoms with Crippen molar-refractivity contribution >= 4 is 12.0 Å². The molecule has 0 fully saturated rings. The number of aryl methyl sites for hydroxylation is 2. The van der Waals surface area contributed by atoms with E-state index in [4.69, 9.17) is 0 Å². The Bertz CT molecular complexity index is 724. The van der Waals surface area contributed by atoms with Crippen molar-refractivity contribution in [2.45, 2.75) is 26.5 Å². The average Bonchev–Trinajstić information content (AvgIpc) is 2.85. The van der Waals surface area contributed by atoms with Crippen LogP contribution < -0.4 is 10.1 Å². The average molecular weight is 335 g/mol. The summed E-state index contributed by atoms with van der Waals surface area (Å²) in [5, 5.41) is 7.10. The Morgan fingerprint density at radius 2 is 2.00 bits per heavy atom. The maximum atomic E-state index is 12.1. The number of hydrogen-bond donors (Lipinski definition) is 1. The van der Waals surface area contributed by atoms with Gasteiger partial charge in [0.1, 0.15) is 5.75 Å². The zero-order valence-corrected chi connectivity index (χ0v) is 13.7. The van der Waals surface area contributed by atoms with Crippen LogP contribution in [0.15, 0.2) is 36.5 Å². The normalized spacial score (nSPS) is 12.6. The number of rotatable bonds is 6. The van der Waals surface area contributed by atoms with Crippen molar-refractivity contribution in [3.63, 3.8) is 0 Å². The zero-order valence-electron chi connectivity index (χ0n) is 13.7. The lowest BCUT2D eigenvalue weighted by atomic mass is 10.1. The van der Waals surface area contributed by atoms with Gasteiger partial charge in [-0.3, -0.25) is 9.48 Å². The minimum absolute atomic E-state index is 0.0762. The molecule has 1 heterocycles. The third-order valence-electron chi connectivity index (χ3n) is 3.41. The summed E-state index contributed by atoms with van der Waals surface area (Å²) in [5.41, 5.74) is 2.52. The first-order valence-electron chi connectivity index (χ1n) is 7.38. The van der Waals surface area contributed by atoms with Gasteiger partial charge in [0.05, 0.1) is 11.7 Å². The van der Waals surface area contributed by atoms with Crippen LogP contribution in [0.25, 0.3) is 6.08 Å². The fraction of sp³-hybridized carbons (Fsp3) is 0.294. The van der Waals surface area contributed by atoms with E-state index in [2.05, 4.69) is 15.2 Å². The highest BCUT2D eigenvalue weighted by atomic mass is 19.3. The summed E-state index contributed by atoms with van der Waals surface area (Å²) >= 11 is 0. The molecule has 2 rings (SSSR count). The van der Waals surface area contributed by atoms with Crippen molar-refractivity contribution in [3.8, 4) is 5.75 Å². The number of nitrogens with one attached hydrogen (secondary N) is 1. The summed E-state index contributed by atoms with van der Waals surface area (Å²) in [6.07, 6.45) is 4.86. The van der Waals surface area contributed by atoms with Crippen LogP contribution in [0.3, 0.4) is 0 Å². The van der Waals surface area contributed by atoms with Crippen LogP contribution >= 0.6 is 0 Å². The third kappa shape index (κ3) is 4.91. The molecule has 0 saturated carbocycles. The van der Waals surface area contributed by atoms with Crippen LogP contribution in [0.1, 0.15) is 29.8 Å². The first-order valence-corrected chi connectivity index (χ1v) is 7.38.